The molecule has 1 aromatic heterocycles. The summed E-state index contributed by atoms with van der Waals surface area (Å²) in [4.78, 5) is 12.4. The maximum atomic E-state index is 15.3. The molecule has 1 aromatic carbocycles. The van der Waals surface area contributed by atoms with Gasteiger partial charge >= 0.3 is 13.1 Å². The molecule has 35 heavy (non-hydrogen) atoms. The summed E-state index contributed by atoms with van der Waals surface area (Å²) in [5.74, 6) is -1.49. The van der Waals surface area contributed by atoms with Crippen molar-refractivity contribution < 1.29 is 28.0 Å². The number of halogens is 1. The third-order valence-corrected chi connectivity index (χ3v) is 12.7. The number of hydrogen-bond acceptors (Lipinski definition) is 4. The molecule has 1 aliphatic rings. The lowest BCUT2D eigenvalue weighted by atomic mass is 9.77. The number of nitrogens with zero attached hydrogens (tertiary/aromatic N) is 1. The van der Waals surface area contributed by atoms with Gasteiger partial charge in [-0.15, -0.1) is 0 Å². The van der Waals surface area contributed by atoms with E-state index in [1.165, 1.54) is 6.07 Å². The van der Waals surface area contributed by atoms with Gasteiger partial charge in [-0.2, -0.15) is 0 Å². The lowest BCUT2D eigenvalue weighted by Gasteiger charge is -2.36. The molecular formula is C26H41BFNO5Si. The third kappa shape index (κ3) is 4.97. The van der Waals surface area contributed by atoms with Crippen LogP contribution in [0.2, 0.25) is 18.1 Å². The van der Waals surface area contributed by atoms with Gasteiger partial charge in [0.25, 0.3) is 0 Å². The van der Waals surface area contributed by atoms with Crippen LogP contribution in [0.15, 0.2) is 12.1 Å². The van der Waals surface area contributed by atoms with Gasteiger partial charge in [-0.3, -0.25) is 0 Å². The van der Waals surface area contributed by atoms with Gasteiger partial charge in [-0.1, -0.05) is 20.8 Å². The van der Waals surface area contributed by atoms with Crippen LogP contribution in [-0.2, 0) is 26.7 Å². The Morgan fingerprint density at radius 2 is 1.74 bits per heavy atom. The molecule has 0 atom stereocenters. The Morgan fingerprint density at radius 1 is 1.17 bits per heavy atom. The molecular weight excluding hydrogens is 464 g/mol. The van der Waals surface area contributed by atoms with Crippen molar-refractivity contribution in [2.45, 2.75) is 104 Å². The molecule has 3 rings (SSSR count). The summed E-state index contributed by atoms with van der Waals surface area (Å²) >= 11 is 0. The zero-order valence-electron chi connectivity index (χ0n) is 23.0. The molecule has 1 aliphatic heterocycles. The molecule has 1 fully saturated rings. The minimum atomic E-state index is -1.90. The first-order valence-corrected chi connectivity index (χ1v) is 15.4. The van der Waals surface area contributed by atoms with Crippen LogP contribution >= 0.6 is 0 Å². The molecule has 9 heteroatoms. The molecule has 0 amide bonds. The van der Waals surface area contributed by atoms with E-state index in [-0.39, 0.29) is 16.2 Å². The largest absolute Gasteiger partial charge is 0.500 e. The highest BCUT2D eigenvalue weighted by atomic mass is 28.4. The zero-order valence-corrected chi connectivity index (χ0v) is 24.0. The Hall–Kier alpha value is -1.68. The number of hydrogen-bond donors (Lipinski definition) is 1. The maximum absolute atomic E-state index is 15.3. The summed E-state index contributed by atoms with van der Waals surface area (Å²) in [6.07, 6.45) is 1.20. The highest BCUT2D eigenvalue weighted by Crippen LogP contribution is 2.39. The van der Waals surface area contributed by atoms with E-state index in [0.717, 1.165) is 5.39 Å². The van der Waals surface area contributed by atoms with Gasteiger partial charge in [0.2, 0.25) is 0 Å². The predicted molar refractivity (Wildman–Crippen MR) is 142 cm³/mol. The van der Waals surface area contributed by atoms with Crippen LogP contribution in [0.4, 0.5) is 4.39 Å². The summed E-state index contributed by atoms with van der Waals surface area (Å²) in [6.45, 7) is 21.5. The van der Waals surface area contributed by atoms with Crippen LogP contribution in [0.3, 0.4) is 0 Å². The second kappa shape index (κ2) is 9.32. The molecule has 194 valence electrons. The average Bonchev–Trinajstić information content (AvgIpc) is 3.13. The second-order valence-electron chi connectivity index (χ2n) is 12.0. The standard InChI is InChI=1S/C26H41BFNO5Si/c1-11-29-21-18(14-15-19(28)20(21)27-33-25(5,6)26(7,8)34-27)17(22(29)23(30)31)13-12-16-32-35(9,10)24(2,3)4/h14-15H,11-13,16H2,1-10H3,(H,30,31). The molecule has 0 bridgehead atoms. The Bertz CT molecular complexity index is 1100. The summed E-state index contributed by atoms with van der Waals surface area (Å²) < 4.78 is 35.7. The van der Waals surface area contributed by atoms with Crippen LogP contribution in [0.5, 0.6) is 0 Å². The Labute approximate surface area is 210 Å². The van der Waals surface area contributed by atoms with Crippen LogP contribution in [0.1, 0.15) is 77.9 Å². The number of aromatic nitrogens is 1. The van der Waals surface area contributed by atoms with E-state index in [1.807, 2.05) is 34.6 Å². The number of fused-ring (bicyclic) bond motifs is 1. The van der Waals surface area contributed by atoms with E-state index in [9.17, 15) is 9.90 Å². The first-order chi connectivity index (χ1) is 15.9. The summed E-state index contributed by atoms with van der Waals surface area (Å²) in [6, 6.07) is 3.08. The fraction of sp³-hybridized carbons (Fsp3) is 0.654. The van der Waals surface area contributed by atoms with E-state index in [4.69, 9.17) is 13.7 Å². The second-order valence-corrected chi connectivity index (χ2v) is 16.8. The molecule has 6 nitrogen and oxygen atoms in total. The smallest absolute Gasteiger partial charge is 0.477 e. The molecule has 2 aromatic rings. The SMILES string of the molecule is CCn1c(C(=O)O)c(CCCO[Si](C)(C)C(C)(C)C)c2ccc(F)c(B3OC(C)(C)C(C)(C)O3)c21. The predicted octanol–water partition coefficient (Wildman–Crippen LogP) is 5.75. The van der Waals surface area contributed by atoms with Gasteiger partial charge in [0.1, 0.15) is 11.5 Å². The van der Waals surface area contributed by atoms with Crippen LogP contribution < -0.4 is 5.46 Å². The Kier molecular flexibility index (Phi) is 7.43. The van der Waals surface area contributed by atoms with Gasteiger partial charge in [-0.25, -0.2) is 9.18 Å². The monoisotopic (exact) mass is 505 g/mol. The molecule has 2 heterocycles. The van der Waals surface area contributed by atoms with E-state index in [1.54, 1.807) is 10.6 Å². The van der Waals surface area contributed by atoms with E-state index in [2.05, 4.69) is 33.9 Å². The van der Waals surface area contributed by atoms with Gasteiger partial charge in [0.05, 0.1) is 16.7 Å². The van der Waals surface area contributed by atoms with Crippen molar-refractivity contribution >= 4 is 37.8 Å². The highest BCUT2D eigenvalue weighted by molar-refractivity contribution is 6.74. The van der Waals surface area contributed by atoms with Gasteiger partial charge in [-0.05, 0) is 83.3 Å². The lowest BCUT2D eigenvalue weighted by molar-refractivity contribution is 0.00578. The summed E-state index contributed by atoms with van der Waals surface area (Å²) in [5, 5.41) is 11.0. The molecule has 0 saturated carbocycles. The third-order valence-electron chi connectivity index (χ3n) is 8.16. The first kappa shape index (κ1) is 27.9. The van der Waals surface area contributed by atoms with Crippen molar-refractivity contribution in [1.82, 2.24) is 4.57 Å². The van der Waals surface area contributed by atoms with Gasteiger partial charge < -0.3 is 23.4 Å². The number of rotatable bonds is 8. The van der Waals surface area contributed by atoms with Crippen molar-refractivity contribution in [2.75, 3.05) is 6.61 Å². The molecule has 0 unspecified atom stereocenters. The minimum Gasteiger partial charge on any atom is -0.477 e. The Balaban J connectivity index is 2.05. The number of carbonyl (C=O) groups is 1. The van der Waals surface area contributed by atoms with E-state index >= 15 is 4.39 Å². The number of carboxylic acids is 1. The van der Waals surface area contributed by atoms with E-state index < -0.39 is 38.4 Å². The molecule has 0 radical (unpaired) electrons. The van der Waals surface area contributed by atoms with Crippen LogP contribution in [0, 0.1) is 5.82 Å². The minimum absolute atomic E-state index is 0.104. The highest BCUT2D eigenvalue weighted by Gasteiger charge is 2.53. The van der Waals surface area contributed by atoms with Crippen LogP contribution in [0.25, 0.3) is 10.9 Å². The first-order valence-electron chi connectivity index (χ1n) is 12.5. The van der Waals surface area contributed by atoms with Crippen molar-refractivity contribution in [3.8, 4) is 0 Å². The maximum Gasteiger partial charge on any atom is 0.500 e. The molecule has 1 saturated heterocycles. The number of aromatic carboxylic acids is 1. The number of carboxylic acid groups (broad SMARTS) is 1. The summed E-state index contributed by atoms with van der Waals surface area (Å²) in [7, 11) is -2.83. The van der Waals surface area contributed by atoms with Gasteiger partial charge in [0, 0.05) is 24.0 Å². The normalized spacial score (nSPS) is 18.0. The van der Waals surface area contributed by atoms with Crippen molar-refractivity contribution in [1.29, 1.82) is 0 Å². The fourth-order valence-corrected chi connectivity index (χ4v) is 5.40. The van der Waals surface area contributed by atoms with Gasteiger partial charge in [0.15, 0.2) is 8.32 Å². The lowest BCUT2D eigenvalue weighted by Crippen LogP contribution is -2.41. The Morgan fingerprint density at radius 3 is 2.23 bits per heavy atom. The van der Waals surface area contributed by atoms with E-state index in [0.29, 0.717) is 37.1 Å². The van der Waals surface area contributed by atoms with Crippen molar-refractivity contribution in [3.05, 3.63) is 29.2 Å². The average molecular weight is 506 g/mol. The number of aryl methyl sites for hydroxylation is 2. The quantitative estimate of drug-likeness (QED) is 0.365. The zero-order chi connectivity index (χ0) is 26.6. The molecule has 1 N–H and O–H groups in total. The number of benzene rings is 1. The topological polar surface area (TPSA) is 69.9 Å². The van der Waals surface area contributed by atoms with Crippen molar-refractivity contribution in [3.63, 3.8) is 0 Å². The van der Waals surface area contributed by atoms with Crippen molar-refractivity contribution in [2.24, 2.45) is 0 Å². The molecule has 0 spiro atoms. The summed E-state index contributed by atoms with van der Waals surface area (Å²) in [5.41, 5.74) is 0.396. The van der Waals surface area contributed by atoms with Crippen LogP contribution in [-0.4, -0.2) is 48.9 Å². The molecule has 0 aliphatic carbocycles. The fourth-order valence-electron chi connectivity index (χ4n) is 4.31.